The molecule has 1 unspecified atom stereocenters. The fourth-order valence-electron chi connectivity index (χ4n) is 3.13. The van der Waals surface area contributed by atoms with Crippen LogP contribution in [0.25, 0.3) is 11.1 Å². The highest BCUT2D eigenvalue weighted by Crippen LogP contribution is 2.36. The third-order valence-corrected chi connectivity index (χ3v) is 4.38. The van der Waals surface area contributed by atoms with E-state index in [1.807, 2.05) is 18.2 Å². The first kappa shape index (κ1) is 15.3. The Morgan fingerprint density at radius 3 is 2.78 bits per heavy atom. The van der Waals surface area contributed by atoms with E-state index < -0.39 is 6.09 Å². The fraction of sp³-hybridized carbons (Fsp3) is 0.438. The van der Waals surface area contributed by atoms with Crippen LogP contribution in [-0.2, 0) is 0 Å². The van der Waals surface area contributed by atoms with Gasteiger partial charge in [-0.1, -0.05) is 26.8 Å². The molecule has 1 amide bonds. The van der Waals surface area contributed by atoms with Crippen molar-refractivity contribution in [1.29, 1.82) is 0 Å². The zero-order valence-electron chi connectivity index (χ0n) is 13.5. The van der Waals surface area contributed by atoms with Crippen molar-refractivity contribution in [2.75, 3.05) is 12.3 Å². The van der Waals surface area contributed by atoms with Crippen LogP contribution in [0.2, 0.25) is 0 Å². The van der Waals surface area contributed by atoms with Crippen molar-refractivity contribution in [2.45, 2.75) is 33.2 Å². The summed E-state index contributed by atoms with van der Waals surface area (Å²) < 4.78 is 1.77. The van der Waals surface area contributed by atoms with Gasteiger partial charge in [0, 0.05) is 12.6 Å². The Balaban J connectivity index is 2.03. The van der Waals surface area contributed by atoms with Crippen molar-refractivity contribution in [3.8, 4) is 0 Å². The summed E-state index contributed by atoms with van der Waals surface area (Å²) in [6.07, 6.45) is 3.15. The summed E-state index contributed by atoms with van der Waals surface area (Å²) in [7, 11) is 0. The van der Waals surface area contributed by atoms with Gasteiger partial charge in [0.15, 0.2) is 5.82 Å². The summed E-state index contributed by atoms with van der Waals surface area (Å²) in [5.41, 5.74) is 8.51. The van der Waals surface area contributed by atoms with Gasteiger partial charge >= 0.3 is 6.09 Å². The minimum Gasteiger partial charge on any atom is -0.465 e. The highest BCUT2D eigenvalue weighted by atomic mass is 16.4. The Hall–Kier alpha value is -2.57. The zero-order valence-corrected chi connectivity index (χ0v) is 13.5. The van der Waals surface area contributed by atoms with Crippen molar-refractivity contribution < 1.29 is 9.90 Å². The van der Waals surface area contributed by atoms with E-state index in [2.05, 4.69) is 30.9 Å². The van der Waals surface area contributed by atoms with Crippen molar-refractivity contribution in [3.63, 3.8) is 0 Å². The SMILES string of the molecule is CC(C)(C)C1CC(c2ccc3c(N)ncnn23)=CCN1C(=O)O. The van der Waals surface area contributed by atoms with E-state index in [4.69, 9.17) is 5.73 Å². The number of nitrogens with zero attached hydrogens (tertiary/aromatic N) is 4. The number of nitrogen functional groups attached to an aromatic ring is 1. The third-order valence-electron chi connectivity index (χ3n) is 4.38. The number of anilines is 1. The maximum Gasteiger partial charge on any atom is 0.407 e. The van der Waals surface area contributed by atoms with Gasteiger partial charge in [-0.15, -0.1) is 0 Å². The predicted molar refractivity (Wildman–Crippen MR) is 88.0 cm³/mol. The molecule has 2 aromatic rings. The molecule has 0 fully saturated rings. The van der Waals surface area contributed by atoms with Crippen LogP contribution in [0.1, 0.15) is 32.9 Å². The molecule has 0 spiro atoms. The van der Waals surface area contributed by atoms with E-state index in [1.54, 1.807) is 4.52 Å². The molecule has 0 bridgehead atoms. The van der Waals surface area contributed by atoms with Gasteiger partial charge in [0.2, 0.25) is 0 Å². The minimum atomic E-state index is -0.883. The Bertz CT molecular complexity index is 787. The van der Waals surface area contributed by atoms with E-state index >= 15 is 0 Å². The molecule has 7 nitrogen and oxygen atoms in total. The molecule has 0 aromatic carbocycles. The number of aromatic nitrogens is 3. The molecule has 2 aromatic heterocycles. The van der Waals surface area contributed by atoms with Gasteiger partial charge in [-0.3, -0.25) is 0 Å². The molecule has 1 aliphatic rings. The Morgan fingerprint density at radius 1 is 1.39 bits per heavy atom. The van der Waals surface area contributed by atoms with E-state index in [1.165, 1.54) is 11.2 Å². The molecule has 0 saturated carbocycles. The summed E-state index contributed by atoms with van der Waals surface area (Å²) in [5.74, 6) is 0.433. The monoisotopic (exact) mass is 315 g/mol. The third kappa shape index (κ3) is 2.62. The molecule has 0 saturated heterocycles. The molecule has 1 aliphatic heterocycles. The van der Waals surface area contributed by atoms with Crippen molar-refractivity contribution in [2.24, 2.45) is 5.41 Å². The van der Waals surface area contributed by atoms with Gasteiger partial charge in [0.25, 0.3) is 0 Å². The van der Waals surface area contributed by atoms with E-state index in [0.29, 0.717) is 18.8 Å². The maximum atomic E-state index is 11.5. The van der Waals surface area contributed by atoms with Gasteiger partial charge in [-0.05, 0) is 29.5 Å². The lowest BCUT2D eigenvalue weighted by Gasteiger charge is -2.41. The number of rotatable bonds is 1. The second kappa shape index (κ2) is 5.26. The summed E-state index contributed by atoms with van der Waals surface area (Å²) in [4.78, 5) is 17.0. The second-order valence-electron chi connectivity index (χ2n) is 6.91. The van der Waals surface area contributed by atoms with Gasteiger partial charge in [-0.25, -0.2) is 14.3 Å². The van der Waals surface area contributed by atoms with E-state index in [0.717, 1.165) is 16.8 Å². The standard InChI is InChI=1S/C16H21N5O2/c1-16(2,3)13-8-10(6-7-20(13)15(22)23)11-4-5-12-14(17)18-9-19-21(11)12/h4-6,9,13H,7-8H2,1-3H3,(H,22,23)(H2,17,18,19). The molecular formula is C16H21N5O2. The number of amides is 1. The minimum absolute atomic E-state index is 0.0928. The number of fused-ring (bicyclic) bond motifs is 1. The van der Waals surface area contributed by atoms with Crippen LogP contribution in [0, 0.1) is 5.41 Å². The summed E-state index contributed by atoms with van der Waals surface area (Å²) in [6, 6.07) is 3.76. The quantitative estimate of drug-likeness (QED) is 0.842. The number of nitrogens with two attached hydrogens (primary N) is 1. The first-order chi connectivity index (χ1) is 10.8. The average molecular weight is 315 g/mol. The lowest BCUT2D eigenvalue weighted by atomic mass is 9.79. The highest BCUT2D eigenvalue weighted by Gasteiger charge is 2.36. The summed E-state index contributed by atoms with van der Waals surface area (Å²) in [6.45, 7) is 6.56. The molecule has 3 heterocycles. The average Bonchev–Trinajstić information content (AvgIpc) is 2.91. The maximum absolute atomic E-state index is 11.5. The van der Waals surface area contributed by atoms with Crippen LogP contribution < -0.4 is 5.73 Å². The topological polar surface area (TPSA) is 96.8 Å². The Labute approximate surface area is 134 Å². The normalized spacial score (nSPS) is 19.0. The molecule has 3 N–H and O–H groups in total. The largest absolute Gasteiger partial charge is 0.465 e. The first-order valence-corrected chi connectivity index (χ1v) is 7.56. The molecule has 1 atom stereocenters. The van der Waals surface area contributed by atoms with E-state index in [9.17, 15) is 9.90 Å². The van der Waals surface area contributed by atoms with Crippen molar-refractivity contribution >= 4 is 23.0 Å². The van der Waals surface area contributed by atoms with Crippen LogP contribution >= 0.6 is 0 Å². The van der Waals surface area contributed by atoms with Gasteiger partial charge in [0.05, 0.1) is 5.69 Å². The molecule has 0 radical (unpaired) electrons. The van der Waals surface area contributed by atoms with Crippen molar-refractivity contribution in [3.05, 3.63) is 30.2 Å². The lowest BCUT2D eigenvalue weighted by molar-refractivity contribution is 0.0883. The predicted octanol–water partition coefficient (Wildman–Crippen LogP) is 2.49. The number of carbonyl (C=O) groups is 1. The van der Waals surface area contributed by atoms with Gasteiger partial charge in [-0.2, -0.15) is 5.10 Å². The second-order valence-corrected chi connectivity index (χ2v) is 6.91. The molecule has 3 rings (SSSR count). The van der Waals surface area contributed by atoms with Gasteiger partial charge in [0.1, 0.15) is 11.8 Å². The van der Waals surface area contributed by atoms with Crippen LogP contribution in [-0.4, -0.2) is 43.3 Å². The lowest BCUT2D eigenvalue weighted by Crippen LogP contribution is -2.48. The smallest absolute Gasteiger partial charge is 0.407 e. The number of hydrogen-bond donors (Lipinski definition) is 2. The summed E-state index contributed by atoms with van der Waals surface area (Å²) >= 11 is 0. The van der Waals surface area contributed by atoms with Crippen molar-refractivity contribution in [1.82, 2.24) is 19.5 Å². The Kier molecular flexibility index (Phi) is 3.50. The first-order valence-electron chi connectivity index (χ1n) is 7.56. The number of hydrogen-bond acceptors (Lipinski definition) is 4. The van der Waals surface area contributed by atoms with Gasteiger partial charge < -0.3 is 15.7 Å². The highest BCUT2D eigenvalue weighted by molar-refractivity contribution is 5.75. The molecule has 23 heavy (non-hydrogen) atoms. The fourth-order valence-corrected chi connectivity index (χ4v) is 3.13. The molecule has 0 aliphatic carbocycles. The molecule has 122 valence electrons. The van der Waals surface area contributed by atoms with E-state index in [-0.39, 0.29) is 11.5 Å². The van der Waals surface area contributed by atoms with Crippen LogP contribution in [0.15, 0.2) is 24.5 Å². The van der Waals surface area contributed by atoms with Crippen LogP contribution in [0.3, 0.4) is 0 Å². The molecule has 7 heteroatoms. The molecular weight excluding hydrogens is 294 g/mol. The zero-order chi connectivity index (χ0) is 16.8. The Morgan fingerprint density at radius 2 is 2.13 bits per heavy atom. The van der Waals surface area contributed by atoms with Crippen LogP contribution in [0.5, 0.6) is 0 Å². The number of carboxylic acid groups (broad SMARTS) is 1. The summed E-state index contributed by atoms with van der Waals surface area (Å²) in [5, 5.41) is 13.7. The van der Waals surface area contributed by atoms with Crippen LogP contribution in [0.4, 0.5) is 10.6 Å².